The Balaban J connectivity index is 1.30. The Morgan fingerprint density at radius 3 is 2.64 bits per heavy atom. The molecule has 0 radical (unpaired) electrons. The third-order valence-electron chi connectivity index (χ3n) is 8.42. The number of hydrogen-bond donors (Lipinski definition) is 0. The number of fused-ring (bicyclic) bond motifs is 2. The number of amides is 1. The van der Waals surface area contributed by atoms with E-state index in [0.29, 0.717) is 30.3 Å². The Labute approximate surface area is 224 Å². The molecule has 0 spiro atoms. The number of carbonyl (C=O) groups is 1. The van der Waals surface area contributed by atoms with Crippen molar-refractivity contribution in [3.63, 3.8) is 0 Å². The molecule has 1 aliphatic carbocycles. The zero-order valence-corrected chi connectivity index (χ0v) is 21.3. The topological polar surface area (TPSA) is 74.8 Å². The van der Waals surface area contributed by atoms with E-state index in [1.165, 1.54) is 29.5 Å². The molecule has 2 aliphatic rings. The normalized spacial score (nSPS) is 21.5. The maximum absolute atomic E-state index is 13.5. The second-order valence-electron chi connectivity index (χ2n) is 10.5. The number of pyridine rings is 1. The summed E-state index contributed by atoms with van der Waals surface area (Å²) in [6.45, 7) is 3.32. The SMILES string of the molecule is Cc1cc2c(cnn2-c2ccc(F)cc2)cc1C12CN(C(=O)c3cc(C#N)ccn3)CC1C2c1ccccc1. The molecule has 7 rings (SSSR count). The predicted molar refractivity (Wildman–Crippen MR) is 145 cm³/mol. The van der Waals surface area contributed by atoms with Crippen LogP contribution in [0.5, 0.6) is 0 Å². The molecule has 190 valence electrons. The quantitative estimate of drug-likeness (QED) is 0.316. The largest absolute Gasteiger partial charge is 0.336 e. The highest BCUT2D eigenvalue weighted by molar-refractivity contribution is 5.93. The predicted octanol–water partition coefficient (Wildman–Crippen LogP) is 5.55. The lowest BCUT2D eigenvalue weighted by Crippen LogP contribution is -2.35. The van der Waals surface area contributed by atoms with Crippen molar-refractivity contribution in [3.8, 4) is 11.8 Å². The molecule has 3 unspecified atom stereocenters. The van der Waals surface area contributed by atoms with Gasteiger partial charge in [0.25, 0.3) is 5.91 Å². The van der Waals surface area contributed by atoms with Gasteiger partial charge >= 0.3 is 0 Å². The Kier molecular flexibility index (Phi) is 5.14. The monoisotopic (exact) mass is 513 g/mol. The number of carbonyl (C=O) groups excluding carboxylic acids is 1. The van der Waals surface area contributed by atoms with Gasteiger partial charge in [-0.1, -0.05) is 30.3 Å². The number of nitriles is 1. The maximum Gasteiger partial charge on any atom is 0.272 e. The van der Waals surface area contributed by atoms with Crippen LogP contribution in [0.15, 0.2) is 91.3 Å². The van der Waals surface area contributed by atoms with E-state index in [9.17, 15) is 14.4 Å². The van der Waals surface area contributed by atoms with Crippen LogP contribution in [0.25, 0.3) is 16.6 Å². The first-order valence-corrected chi connectivity index (χ1v) is 12.9. The van der Waals surface area contributed by atoms with Crippen molar-refractivity contribution >= 4 is 16.8 Å². The first kappa shape index (κ1) is 23.3. The molecule has 3 atom stereocenters. The summed E-state index contributed by atoms with van der Waals surface area (Å²) in [5.74, 6) is 0.137. The molecule has 1 amide bonds. The van der Waals surface area contributed by atoms with Gasteiger partial charge in [-0.2, -0.15) is 10.4 Å². The van der Waals surface area contributed by atoms with Crippen LogP contribution < -0.4 is 0 Å². The lowest BCUT2D eigenvalue weighted by molar-refractivity contribution is 0.0763. The summed E-state index contributed by atoms with van der Waals surface area (Å²) in [5, 5.41) is 14.9. The molecule has 3 heterocycles. The summed E-state index contributed by atoms with van der Waals surface area (Å²) < 4.78 is 15.3. The van der Waals surface area contributed by atoms with Gasteiger partial charge in [0.15, 0.2) is 0 Å². The van der Waals surface area contributed by atoms with Gasteiger partial charge in [0, 0.05) is 36.0 Å². The van der Waals surface area contributed by atoms with Gasteiger partial charge in [-0.25, -0.2) is 9.07 Å². The van der Waals surface area contributed by atoms with Crippen LogP contribution >= 0.6 is 0 Å². The Hall–Kier alpha value is -4.83. The fraction of sp³-hybridized carbons (Fsp3) is 0.188. The Morgan fingerprint density at radius 2 is 1.87 bits per heavy atom. The Bertz CT molecular complexity index is 1790. The fourth-order valence-corrected chi connectivity index (χ4v) is 6.66. The van der Waals surface area contributed by atoms with Crippen molar-refractivity contribution in [1.82, 2.24) is 19.7 Å². The second-order valence-corrected chi connectivity index (χ2v) is 10.5. The van der Waals surface area contributed by atoms with Crippen LogP contribution in [0.2, 0.25) is 0 Å². The molecule has 1 saturated heterocycles. The van der Waals surface area contributed by atoms with E-state index in [1.807, 2.05) is 21.8 Å². The maximum atomic E-state index is 13.5. The highest BCUT2D eigenvalue weighted by atomic mass is 19.1. The van der Waals surface area contributed by atoms with E-state index in [0.717, 1.165) is 22.2 Å². The molecular formula is C32H24FN5O. The van der Waals surface area contributed by atoms with Crippen molar-refractivity contribution in [2.75, 3.05) is 13.1 Å². The van der Waals surface area contributed by atoms with Gasteiger partial charge in [-0.3, -0.25) is 9.78 Å². The second kappa shape index (κ2) is 8.60. The highest BCUT2D eigenvalue weighted by Crippen LogP contribution is 2.69. The van der Waals surface area contributed by atoms with Gasteiger partial charge in [0.2, 0.25) is 0 Å². The fourth-order valence-electron chi connectivity index (χ4n) is 6.66. The summed E-state index contributed by atoms with van der Waals surface area (Å²) in [5.41, 5.74) is 5.89. The van der Waals surface area contributed by atoms with Crippen LogP contribution in [0.3, 0.4) is 0 Å². The third kappa shape index (κ3) is 3.56. The minimum Gasteiger partial charge on any atom is -0.336 e. The standard InChI is InChI=1S/C32H24FN5O/c1-20-13-29-23(17-36-38(29)25-9-7-24(33)8-10-25)15-26(20)32-19-37(31(39)28-14-21(16-34)11-12-35-28)18-27(32)30(32)22-5-3-2-4-6-22/h2-15,17,27,30H,18-19H2,1H3. The smallest absolute Gasteiger partial charge is 0.272 e. The summed E-state index contributed by atoms with van der Waals surface area (Å²) in [4.78, 5) is 19.6. The number of nitrogens with zero attached hydrogens (tertiary/aromatic N) is 5. The van der Waals surface area contributed by atoms with Gasteiger partial charge in [0.1, 0.15) is 11.5 Å². The number of halogens is 1. The minimum absolute atomic E-state index is 0.145. The van der Waals surface area contributed by atoms with Crippen LogP contribution in [0, 0.1) is 30.0 Å². The van der Waals surface area contributed by atoms with Crippen LogP contribution in [0.1, 0.15) is 38.7 Å². The molecule has 2 aromatic heterocycles. The summed E-state index contributed by atoms with van der Waals surface area (Å²) in [7, 11) is 0. The molecule has 3 aromatic carbocycles. The van der Waals surface area contributed by atoms with Gasteiger partial charge in [-0.05, 0) is 78.1 Å². The number of rotatable bonds is 4. The summed E-state index contributed by atoms with van der Waals surface area (Å²) >= 11 is 0. The van der Waals surface area contributed by atoms with E-state index in [1.54, 1.807) is 24.3 Å². The van der Waals surface area contributed by atoms with Crippen LogP contribution in [-0.2, 0) is 5.41 Å². The van der Waals surface area contributed by atoms with E-state index >= 15 is 0 Å². The van der Waals surface area contributed by atoms with E-state index in [4.69, 9.17) is 0 Å². The number of piperidine rings is 1. The molecule has 7 heteroatoms. The number of hydrogen-bond acceptors (Lipinski definition) is 4. The first-order valence-electron chi connectivity index (χ1n) is 12.9. The molecule has 39 heavy (non-hydrogen) atoms. The zero-order chi connectivity index (χ0) is 26.7. The number of aromatic nitrogens is 3. The first-order chi connectivity index (χ1) is 19.0. The zero-order valence-electron chi connectivity index (χ0n) is 21.3. The van der Waals surface area contributed by atoms with Crippen molar-refractivity contribution < 1.29 is 9.18 Å². The molecule has 2 fully saturated rings. The molecule has 1 saturated carbocycles. The molecule has 1 aliphatic heterocycles. The molecule has 0 N–H and O–H groups in total. The van der Waals surface area contributed by atoms with Crippen LogP contribution in [-0.4, -0.2) is 38.7 Å². The van der Waals surface area contributed by atoms with Gasteiger partial charge in [-0.15, -0.1) is 0 Å². The van der Waals surface area contributed by atoms with E-state index < -0.39 is 0 Å². The highest BCUT2D eigenvalue weighted by Gasteiger charge is 2.71. The van der Waals surface area contributed by atoms with E-state index in [2.05, 4.69) is 59.5 Å². The van der Waals surface area contributed by atoms with Gasteiger partial charge < -0.3 is 4.90 Å². The molecule has 5 aromatic rings. The average Bonchev–Trinajstić information content (AvgIpc) is 3.23. The summed E-state index contributed by atoms with van der Waals surface area (Å²) in [6, 6.07) is 26.5. The van der Waals surface area contributed by atoms with Crippen molar-refractivity contribution in [1.29, 1.82) is 5.26 Å². The van der Waals surface area contributed by atoms with Crippen LogP contribution in [0.4, 0.5) is 4.39 Å². The Morgan fingerprint density at radius 1 is 1.08 bits per heavy atom. The lowest BCUT2D eigenvalue weighted by Gasteiger charge is -2.25. The van der Waals surface area contributed by atoms with Crippen molar-refractivity contribution in [3.05, 3.63) is 125 Å². The number of aryl methyl sites for hydroxylation is 1. The summed E-state index contributed by atoms with van der Waals surface area (Å²) in [6.07, 6.45) is 3.37. The van der Waals surface area contributed by atoms with Gasteiger partial charge in [0.05, 0.1) is 29.0 Å². The third-order valence-corrected chi connectivity index (χ3v) is 8.42. The molecular weight excluding hydrogens is 489 g/mol. The number of benzene rings is 3. The molecule has 6 nitrogen and oxygen atoms in total. The molecule has 0 bridgehead atoms. The lowest BCUT2D eigenvalue weighted by atomic mass is 9.86. The van der Waals surface area contributed by atoms with Crippen molar-refractivity contribution in [2.24, 2.45) is 5.92 Å². The average molecular weight is 514 g/mol. The van der Waals surface area contributed by atoms with Crippen molar-refractivity contribution in [2.45, 2.75) is 18.3 Å². The van der Waals surface area contributed by atoms with E-state index in [-0.39, 0.29) is 23.1 Å². The number of likely N-dealkylation sites (tertiary alicyclic amines) is 1. The minimum atomic E-state index is -0.283.